The summed E-state index contributed by atoms with van der Waals surface area (Å²) in [6, 6.07) is -5.34. The first-order valence-electron chi connectivity index (χ1n) is 10.2. The summed E-state index contributed by atoms with van der Waals surface area (Å²) in [6.07, 6.45) is 1.63. The molecule has 5 amide bonds. The van der Waals surface area contributed by atoms with Crippen molar-refractivity contribution < 1.29 is 33.9 Å². The number of carbonyl (C=O) groups excluding carboxylic acids is 5. The number of carboxylic acid groups (broad SMARTS) is 1. The molecule has 4 atom stereocenters. The van der Waals surface area contributed by atoms with Crippen molar-refractivity contribution in [1.82, 2.24) is 25.9 Å². The number of rotatable bonds is 14. The van der Waals surface area contributed by atoms with Crippen molar-refractivity contribution >= 4 is 35.5 Å². The molecule has 1 aromatic heterocycles. The van der Waals surface area contributed by atoms with Gasteiger partial charge in [-0.05, 0) is 5.92 Å². The monoisotopic (exact) mass is 482 g/mol. The molecule has 34 heavy (non-hydrogen) atoms. The highest BCUT2D eigenvalue weighted by Gasteiger charge is 2.32. The number of aromatic nitrogens is 2. The molecule has 1 heterocycles. The summed E-state index contributed by atoms with van der Waals surface area (Å²) in [6.45, 7) is 3.19. The van der Waals surface area contributed by atoms with E-state index >= 15 is 0 Å². The van der Waals surface area contributed by atoms with E-state index in [-0.39, 0.29) is 6.42 Å². The van der Waals surface area contributed by atoms with E-state index in [1.54, 1.807) is 13.8 Å². The molecular formula is C19H30N8O7. The van der Waals surface area contributed by atoms with Gasteiger partial charge in [-0.15, -0.1) is 0 Å². The number of aliphatic carboxylic acids is 1. The van der Waals surface area contributed by atoms with Crippen molar-refractivity contribution in [2.75, 3.05) is 0 Å². The fourth-order valence-electron chi connectivity index (χ4n) is 2.87. The van der Waals surface area contributed by atoms with E-state index in [1.807, 2.05) is 0 Å². The highest BCUT2D eigenvalue weighted by atomic mass is 16.4. The van der Waals surface area contributed by atoms with E-state index in [0.29, 0.717) is 5.69 Å². The van der Waals surface area contributed by atoms with E-state index in [1.165, 1.54) is 12.5 Å². The average Bonchev–Trinajstić information content (AvgIpc) is 3.22. The Kier molecular flexibility index (Phi) is 10.6. The van der Waals surface area contributed by atoms with Crippen LogP contribution in [0.3, 0.4) is 0 Å². The number of amides is 5. The number of hydrogen-bond donors (Lipinski definition) is 8. The first-order chi connectivity index (χ1) is 15.8. The standard InChI is InChI=1S/C19H30N8O7/c1-8(2)15(18(32)26-12(19(33)34)5-14(22)29)27-17(31)11(3-9-6-23-7-24-9)25-16(30)10(20)4-13(21)28/h6-8,10-12,15H,3-5,20H2,1-2H3,(H2,21,28)(H2,22,29)(H,23,24)(H,25,30)(H,26,32)(H,27,31)(H,33,34). The van der Waals surface area contributed by atoms with Gasteiger partial charge in [-0.3, -0.25) is 24.0 Å². The van der Waals surface area contributed by atoms with Gasteiger partial charge in [0.1, 0.15) is 18.1 Å². The molecule has 188 valence electrons. The minimum Gasteiger partial charge on any atom is -0.480 e. The Balaban J connectivity index is 3.03. The Morgan fingerprint density at radius 3 is 2.00 bits per heavy atom. The largest absolute Gasteiger partial charge is 0.480 e. The average molecular weight is 482 g/mol. The number of imidazole rings is 1. The first-order valence-corrected chi connectivity index (χ1v) is 10.2. The molecule has 0 aliphatic rings. The van der Waals surface area contributed by atoms with E-state index in [0.717, 1.165) is 0 Å². The quantitative estimate of drug-likeness (QED) is 0.129. The van der Waals surface area contributed by atoms with Gasteiger partial charge in [0.2, 0.25) is 29.5 Å². The number of primary amides is 2. The second-order valence-electron chi connectivity index (χ2n) is 7.92. The molecular weight excluding hydrogens is 452 g/mol. The Bertz CT molecular complexity index is 902. The van der Waals surface area contributed by atoms with Gasteiger partial charge in [-0.25, -0.2) is 9.78 Å². The van der Waals surface area contributed by atoms with Crippen molar-refractivity contribution in [3.8, 4) is 0 Å². The van der Waals surface area contributed by atoms with Crippen molar-refractivity contribution in [1.29, 1.82) is 0 Å². The second-order valence-corrected chi connectivity index (χ2v) is 7.92. The van der Waals surface area contributed by atoms with Gasteiger partial charge in [-0.1, -0.05) is 13.8 Å². The van der Waals surface area contributed by atoms with Crippen LogP contribution >= 0.6 is 0 Å². The van der Waals surface area contributed by atoms with Crippen LogP contribution in [0.5, 0.6) is 0 Å². The number of nitrogens with zero attached hydrogens (tertiary/aromatic N) is 1. The molecule has 15 nitrogen and oxygen atoms in total. The minimum atomic E-state index is -1.59. The molecule has 0 aliphatic carbocycles. The Labute approximate surface area is 194 Å². The zero-order valence-electron chi connectivity index (χ0n) is 18.7. The maximum Gasteiger partial charge on any atom is 0.326 e. The van der Waals surface area contributed by atoms with Crippen LogP contribution < -0.4 is 33.2 Å². The lowest BCUT2D eigenvalue weighted by Crippen LogP contribution is -2.59. The van der Waals surface area contributed by atoms with Crippen LogP contribution in [0.25, 0.3) is 0 Å². The second kappa shape index (κ2) is 12.9. The summed E-state index contributed by atoms with van der Waals surface area (Å²) in [5.41, 5.74) is 16.2. The predicted octanol–water partition coefficient (Wildman–Crippen LogP) is -3.77. The normalized spacial score (nSPS) is 14.4. The topological polar surface area (TPSA) is 265 Å². The minimum absolute atomic E-state index is 0.0628. The van der Waals surface area contributed by atoms with Gasteiger partial charge >= 0.3 is 5.97 Å². The molecule has 11 N–H and O–H groups in total. The maximum atomic E-state index is 13.0. The van der Waals surface area contributed by atoms with E-state index < -0.39 is 78.4 Å². The van der Waals surface area contributed by atoms with Crippen molar-refractivity contribution in [3.05, 3.63) is 18.2 Å². The Morgan fingerprint density at radius 1 is 0.941 bits per heavy atom. The van der Waals surface area contributed by atoms with Gasteiger partial charge in [0, 0.05) is 18.3 Å². The van der Waals surface area contributed by atoms with E-state index in [2.05, 4.69) is 25.9 Å². The summed E-state index contributed by atoms with van der Waals surface area (Å²) >= 11 is 0. The zero-order chi connectivity index (χ0) is 26.0. The smallest absolute Gasteiger partial charge is 0.326 e. The molecule has 0 spiro atoms. The summed E-state index contributed by atoms with van der Waals surface area (Å²) in [5, 5.41) is 16.3. The van der Waals surface area contributed by atoms with Crippen LogP contribution in [0.15, 0.2) is 12.5 Å². The third-order valence-corrected chi connectivity index (χ3v) is 4.64. The third-order valence-electron chi connectivity index (χ3n) is 4.64. The Hall–Kier alpha value is -4.01. The van der Waals surface area contributed by atoms with Gasteiger partial charge in [0.15, 0.2) is 0 Å². The zero-order valence-corrected chi connectivity index (χ0v) is 18.7. The van der Waals surface area contributed by atoms with Gasteiger partial charge in [0.05, 0.1) is 25.2 Å². The lowest BCUT2D eigenvalue weighted by molar-refractivity contribution is -0.144. The SMILES string of the molecule is CC(C)C(NC(=O)C(Cc1cnc[nH]1)NC(=O)C(N)CC(N)=O)C(=O)NC(CC(N)=O)C(=O)O. The molecule has 0 aromatic carbocycles. The maximum absolute atomic E-state index is 13.0. The first kappa shape index (κ1) is 28.0. The van der Waals surface area contributed by atoms with Gasteiger partial charge in [0.25, 0.3) is 0 Å². The molecule has 0 aliphatic heterocycles. The molecule has 15 heteroatoms. The molecule has 0 fully saturated rings. The predicted molar refractivity (Wildman–Crippen MR) is 116 cm³/mol. The number of H-pyrrole nitrogens is 1. The molecule has 0 bridgehead atoms. The van der Waals surface area contributed by atoms with Crippen LogP contribution in [0.4, 0.5) is 0 Å². The van der Waals surface area contributed by atoms with E-state index in [4.69, 9.17) is 17.2 Å². The molecule has 0 saturated heterocycles. The van der Waals surface area contributed by atoms with Crippen LogP contribution in [-0.2, 0) is 35.2 Å². The van der Waals surface area contributed by atoms with Crippen LogP contribution in [0, 0.1) is 5.92 Å². The molecule has 1 aromatic rings. The number of carbonyl (C=O) groups is 6. The lowest BCUT2D eigenvalue weighted by Gasteiger charge is -2.26. The summed E-state index contributed by atoms with van der Waals surface area (Å²) in [4.78, 5) is 78.1. The highest BCUT2D eigenvalue weighted by molar-refractivity contribution is 5.95. The number of nitrogens with one attached hydrogen (secondary N) is 4. The highest BCUT2D eigenvalue weighted by Crippen LogP contribution is 2.07. The fraction of sp³-hybridized carbons (Fsp3) is 0.526. The van der Waals surface area contributed by atoms with Gasteiger partial charge < -0.3 is 43.2 Å². The van der Waals surface area contributed by atoms with Crippen molar-refractivity contribution in [3.63, 3.8) is 0 Å². The third kappa shape index (κ3) is 9.23. The summed E-state index contributed by atoms with van der Waals surface area (Å²) in [7, 11) is 0. The number of nitrogens with two attached hydrogens (primary N) is 3. The lowest BCUT2D eigenvalue weighted by atomic mass is 10.0. The van der Waals surface area contributed by atoms with E-state index in [9.17, 15) is 33.9 Å². The molecule has 0 saturated carbocycles. The van der Waals surface area contributed by atoms with Crippen molar-refractivity contribution in [2.45, 2.75) is 57.3 Å². The van der Waals surface area contributed by atoms with Crippen molar-refractivity contribution in [2.24, 2.45) is 23.1 Å². The molecule has 1 rings (SSSR count). The Morgan fingerprint density at radius 2 is 1.53 bits per heavy atom. The number of hydrogen-bond acceptors (Lipinski definition) is 8. The van der Waals surface area contributed by atoms with Crippen LogP contribution in [0.2, 0.25) is 0 Å². The van der Waals surface area contributed by atoms with Crippen LogP contribution in [0.1, 0.15) is 32.4 Å². The molecule has 0 radical (unpaired) electrons. The number of aromatic amines is 1. The fourth-order valence-corrected chi connectivity index (χ4v) is 2.87. The number of carboxylic acids is 1. The molecule has 4 unspecified atom stereocenters. The van der Waals surface area contributed by atoms with Gasteiger partial charge in [-0.2, -0.15) is 0 Å². The summed E-state index contributed by atoms with van der Waals surface area (Å²) in [5.74, 6) is -6.21. The summed E-state index contributed by atoms with van der Waals surface area (Å²) < 4.78 is 0. The van der Waals surface area contributed by atoms with Crippen LogP contribution in [-0.4, -0.2) is 74.7 Å².